The monoisotopic (exact) mass is 566 g/mol. The smallest absolute Gasteiger partial charge is 0.744 e. The maximum absolute atomic E-state index is 12.0. The molecule has 0 radical (unpaired) electrons. The predicted octanol–water partition coefficient (Wildman–Crippen LogP) is -2.64. The average molecular weight is 567 g/mol. The third kappa shape index (κ3) is 4.28. The van der Waals surface area contributed by atoms with Gasteiger partial charge in [-0.15, -0.1) is 0 Å². The Balaban J connectivity index is 0.00000168. The van der Waals surface area contributed by atoms with Crippen molar-refractivity contribution >= 4 is 20.2 Å². The Morgan fingerprint density at radius 2 is 0.842 bits per heavy atom. The van der Waals surface area contributed by atoms with Crippen molar-refractivity contribution in [1.29, 1.82) is 0 Å². The van der Waals surface area contributed by atoms with Crippen molar-refractivity contribution in [2.45, 2.75) is 21.0 Å². The van der Waals surface area contributed by atoms with E-state index >= 15 is 0 Å². The minimum absolute atomic E-state index is 0. The maximum atomic E-state index is 12.0. The van der Waals surface area contributed by atoms with E-state index in [1.807, 2.05) is 6.07 Å². The Kier molecular flexibility index (Phi) is 7.96. The van der Waals surface area contributed by atoms with E-state index in [1.165, 1.54) is 36.4 Å². The van der Waals surface area contributed by atoms with Gasteiger partial charge in [-0.3, -0.25) is 0 Å². The first kappa shape index (κ1) is 29.6. The molecule has 2 heterocycles. The molecular formula is C26H16Na2O8S2. The molecule has 0 aromatic heterocycles. The van der Waals surface area contributed by atoms with Crippen molar-refractivity contribution in [3.63, 3.8) is 0 Å². The van der Waals surface area contributed by atoms with Gasteiger partial charge in [-0.1, -0.05) is 72.8 Å². The number of hydrogen-bond acceptors (Lipinski definition) is 8. The van der Waals surface area contributed by atoms with Crippen LogP contribution in [0.5, 0.6) is 0 Å². The van der Waals surface area contributed by atoms with Crippen molar-refractivity contribution in [2.75, 3.05) is 0 Å². The van der Waals surface area contributed by atoms with Gasteiger partial charge in [0.05, 0.1) is 9.79 Å². The van der Waals surface area contributed by atoms with Gasteiger partial charge in [0, 0.05) is 22.3 Å². The molecule has 38 heavy (non-hydrogen) atoms. The van der Waals surface area contributed by atoms with Crippen LogP contribution in [0, 0.1) is 0 Å². The summed E-state index contributed by atoms with van der Waals surface area (Å²) in [6.07, 6.45) is 0. The molecule has 182 valence electrons. The van der Waals surface area contributed by atoms with Gasteiger partial charge >= 0.3 is 59.1 Å². The molecule has 0 spiro atoms. The molecule has 4 aromatic carbocycles. The van der Waals surface area contributed by atoms with Gasteiger partial charge in [-0.2, -0.15) is 0 Å². The van der Waals surface area contributed by atoms with Gasteiger partial charge in [0.2, 0.25) is 0 Å². The zero-order valence-corrected chi connectivity index (χ0v) is 26.0. The number of fused-ring (bicyclic) bond motifs is 1. The van der Waals surface area contributed by atoms with Gasteiger partial charge in [0.1, 0.15) is 20.2 Å². The molecule has 2 aliphatic heterocycles. The van der Waals surface area contributed by atoms with Gasteiger partial charge in [0.15, 0.2) is 11.2 Å². The third-order valence-corrected chi connectivity index (χ3v) is 8.39. The van der Waals surface area contributed by atoms with Crippen molar-refractivity contribution in [3.05, 3.63) is 130 Å². The molecule has 0 saturated heterocycles. The van der Waals surface area contributed by atoms with E-state index in [2.05, 4.69) is 0 Å². The van der Waals surface area contributed by atoms with Crippen LogP contribution in [0.1, 0.15) is 33.4 Å². The Morgan fingerprint density at radius 1 is 0.500 bits per heavy atom. The zero-order valence-electron chi connectivity index (χ0n) is 20.3. The van der Waals surface area contributed by atoms with Crippen LogP contribution in [0.2, 0.25) is 0 Å². The summed E-state index contributed by atoms with van der Waals surface area (Å²) in [4.78, 5) is 11.3. The molecule has 0 atom stereocenters. The minimum atomic E-state index is -4.85. The van der Waals surface area contributed by atoms with Crippen LogP contribution in [-0.4, -0.2) is 25.9 Å². The van der Waals surface area contributed by atoms with Crippen LogP contribution in [0.4, 0.5) is 0 Å². The molecule has 0 N–H and O–H groups in total. The average Bonchev–Trinajstić information content (AvgIpc) is 2.88. The molecule has 3 aliphatic rings. The van der Waals surface area contributed by atoms with E-state index in [0.717, 1.165) is 0 Å². The largest absolute Gasteiger partial charge is 1.00 e. The minimum Gasteiger partial charge on any atom is -0.744 e. The fourth-order valence-electron chi connectivity index (χ4n) is 5.21. The fourth-order valence-corrected chi connectivity index (χ4v) is 6.21. The summed E-state index contributed by atoms with van der Waals surface area (Å²) in [6, 6.07) is 25.5. The Hall–Kier alpha value is -1.38. The van der Waals surface area contributed by atoms with E-state index in [1.54, 1.807) is 54.6 Å². The summed E-state index contributed by atoms with van der Waals surface area (Å²) < 4.78 is 72.0. The number of benzene rings is 4. The van der Waals surface area contributed by atoms with Crippen LogP contribution in [-0.2, 0) is 41.2 Å². The number of rotatable bonds is 4. The number of hydrogen-bond donors (Lipinski definition) is 0. The zero-order chi connectivity index (χ0) is 25.3. The van der Waals surface area contributed by atoms with Gasteiger partial charge in [-0.05, 0) is 35.4 Å². The molecule has 4 aromatic rings. The quantitative estimate of drug-likeness (QED) is 0.149. The summed E-state index contributed by atoms with van der Waals surface area (Å²) in [5, 5.41) is 0. The molecule has 0 unspecified atom stereocenters. The SMILES string of the molecule is O=S(=O)([O-])c1ccc2c(c1)C1(c3ccccc3)OOC2(c2ccccc2)c2ccc(S(=O)(=O)[O-])cc21.[Na+].[Na+]. The van der Waals surface area contributed by atoms with Crippen LogP contribution in [0.25, 0.3) is 0 Å². The summed E-state index contributed by atoms with van der Waals surface area (Å²) >= 11 is 0. The first-order chi connectivity index (χ1) is 17.1. The first-order valence-electron chi connectivity index (χ1n) is 10.8. The normalized spacial score (nSPS) is 21.4. The van der Waals surface area contributed by atoms with Crippen molar-refractivity contribution < 1.29 is 94.8 Å². The maximum Gasteiger partial charge on any atom is 1.00 e. The summed E-state index contributed by atoms with van der Waals surface area (Å²) in [6.45, 7) is 0. The van der Waals surface area contributed by atoms with E-state index in [4.69, 9.17) is 9.78 Å². The van der Waals surface area contributed by atoms with E-state index in [-0.39, 0.29) is 70.2 Å². The Morgan fingerprint density at radius 3 is 1.18 bits per heavy atom. The molecule has 7 rings (SSSR count). The standard InChI is InChI=1S/C26H18O8S2.2Na/c27-35(28,29)19-11-13-21-23(15-19)26(18-9-5-2-6-10-18)24-16-20(36(30,31)32)12-14-22(24)25(21,33-34-26)17-7-3-1-4-8-17;;/h1-16H,(H,27,28,29)(H,30,31,32);;/q;2*+1/p-2. The van der Waals surface area contributed by atoms with E-state index in [0.29, 0.717) is 22.3 Å². The second kappa shape index (κ2) is 10.2. The Bertz CT molecular complexity index is 1660. The first-order valence-corrected chi connectivity index (χ1v) is 13.6. The molecule has 0 saturated carbocycles. The second-order valence-electron chi connectivity index (χ2n) is 8.58. The van der Waals surface area contributed by atoms with Crippen LogP contribution < -0.4 is 59.1 Å². The molecule has 8 nitrogen and oxygen atoms in total. The van der Waals surface area contributed by atoms with Gasteiger partial charge < -0.3 is 9.11 Å². The third-order valence-electron chi connectivity index (χ3n) is 6.73. The molecular weight excluding hydrogens is 550 g/mol. The molecule has 0 amide bonds. The second-order valence-corrected chi connectivity index (χ2v) is 11.3. The van der Waals surface area contributed by atoms with Crippen LogP contribution in [0.15, 0.2) is 107 Å². The Labute approximate surface area is 264 Å². The molecule has 0 fully saturated rings. The summed E-state index contributed by atoms with van der Waals surface area (Å²) in [7, 11) is -9.70. The topological polar surface area (TPSA) is 133 Å². The van der Waals surface area contributed by atoms with Crippen molar-refractivity contribution in [3.8, 4) is 0 Å². The van der Waals surface area contributed by atoms with E-state index in [9.17, 15) is 25.9 Å². The summed E-state index contributed by atoms with van der Waals surface area (Å²) in [5.41, 5.74) is -0.396. The van der Waals surface area contributed by atoms with Gasteiger partial charge in [0.25, 0.3) is 0 Å². The predicted molar refractivity (Wildman–Crippen MR) is 124 cm³/mol. The van der Waals surface area contributed by atoms with Crippen molar-refractivity contribution in [1.82, 2.24) is 0 Å². The van der Waals surface area contributed by atoms with Gasteiger partial charge in [-0.25, -0.2) is 26.6 Å². The molecule has 12 heteroatoms. The fraction of sp³-hybridized carbons (Fsp3) is 0.0769. The van der Waals surface area contributed by atoms with Crippen molar-refractivity contribution in [2.24, 2.45) is 0 Å². The molecule has 1 aliphatic carbocycles. The molecule has 2 bridgehead atoms. The summed E-state index contributed by atoms with van der Waals surface area (Å²) in [5.74, 6) is 0. The van der Waals surface area contributed by atoms with Crippen LogP contribution >= 0.6 is 0 Å². The van der Waals surface area contributed by atoms with Crippen LogP contribution in [0.3, 0.4) is 0 Å². The van der Waals surface area contributed by atoms with E-state index < -0.39 is 41.2 Å².